The van der Waals surface area contributed by atoms with Gasteiger partial charge in [0.1, 0.15) is 0 Å². The predicted molar refractivity (Wildman–Crippen MR) is 82.0 cm³/mol. The first-order valence-electron chi connectivity index (χ1n) is 5.59. The summed E-state index contributed by atoms with van der Waals surface area (Å²) < 4.78 is 1.09. The van der Waals surface area contributed by atoms with E-state index in [1.165, 1.54) is 10.6 Å². The van der Waals surface area contributed by atoms with Crippen LogP contribution in [0.4, 0.5) is 5.69 Å². The van der Waals surface area contributed by atoms with Gasteiger partial charge in [-0.25, -0.2) is 5.43 Å². The van der Waals surface area contributed by atoms with Gasteiger partial charge in [-0.1, -0.05) is 12.1 Å². The van der Waals surface area contributed by atoms with Crippen LogP contribution in [-0.4, -0.2) is 14.1 Å². The molecular weight excluding hydrogens is 310 g/mol. The zero-order chi connectivity index (χ0) is 13.1. The molecule has 5 heteroatoms. The van der Waals surface area contributed by atoms with Gasteiger partial charge in [0.25, 0.3) is 0 Å². The molecule has 3 nitrogen and oxygen atoms in total. The highest BCUT2D eigenvalue weighted by Crippen LogP contribution is 2.33. The van der Waals surface area contributed by atoms with Crippen molar-refractivity contribution in [2.24, 2.45) is 5.84 Å². The Kier molecular flexibility index (Phi) is 4.40. The Morgan fingerprint density at radius 2 is 1.89 bits per heavy atom. The van der Waals surface area contributed by atoms with Crippen LogP contribution >= 0.6 is 27.3 Å². The fourth-order valence-corrected chi connectivity index (χ4v) is 3.49. The Morgan fingerprint density at radius 3 is 2.33 bits per heavy atom. The average Bonchev–Trinajstić information content (AvgIpc) is 2.78. The summed E-state index contributed by atoms with van der Waals surface area (Å²) in [5.74, 6) is 5.69. The van der Waals surface area contributed by atoms with Crippen LogP contribution in [-0.2, 0) is 0 Å². The van der Waals surface area contributed by atoms with Crippen LogP contribution in [0, 0.1) is 0 Å². The van der Waals surface area contributed by atoms with Crippen molar-refractivity contribution in [3.8, 4) is 0 Å². The summed E-state index contributed by atoms with van der Waals surface area (Å²) in [6.07, 6.45) is 0. The number of benzene rings is 1. The summed E-state index contributed by atoms with van der Waals surface area (Å²) in [6.45, 7) is 0. The molecule has 0 fully saturated rings. The highest BCUT2D eigenvalue weighted by molar-refractivity contribution is 9.10. The summed E-state index contributed by atoms with van der Waals surface area (Å²) in [7, 11) is 4.06. The molecule has 0 bridgehead atoms. The summed E-state index contributed by atoms with van der Waals surface area (Å²) >= 11 is 5.24. The van der Waals surface area contributed by atoms with Gasteiger partial charge in [0.2, 0.25) is 0 Å². The smallest absolute Gasteiger partial charge is 0.0813 e. The number of thiophene rings is 1. The number of hydrogen-bond donors (Lipinski definition) is 2. The zero-order valence-corrected chi connectivity index (χ0v) is 12.8. The number of hydrogen-bond acceptors (Lipinski definition) is 4. The van der Waals surface area contributed by atoms with E-state index < -0.39 is 0 Å². The first-order chi connectivity index (χ1) is 8.63. The molecule has 0 aliphatic rings. The second-order valence-electron chi connectivity index (χ2n) is 4.22. The lowest BCUT2D eigenvalue weighted by Crippen LogP contribution is -2.28. The highest BCUT2D eigenvalue weighted by atomic mass is 79.9. The summed E-state index contributed by atoms with van der Waals surface area (Å²) in [4.78, 5) is 3.27. The van der Waals surface area contributed by atoms with E-state index in [4.69, 9.17) is 5.84 Å². The van der Waals surface area contributed by atoms with Gasteiger partial charge in [-0.3, -0.25) is 5.84 Å². The molecule has 2 aromatic rings. The Bertz CT molecular complexity index is 507. The third-order valence-corrected chi connectivity index (χ3v) is 4.75. The zero-order valence-electron chi connectivity index (χ0n) is 10.4. The number of rotatable bonds is 4. The SMILES string of the molecule is CN(C)c1ccc(C(NN)c2sccc2Br)cc1. The summed E-state index contributed by atoms with van der Waals surface area (Å²) in [5.41, 5.74) is 5.22. The van der Waals surface area contributed by atoms with E-state index in [0.29, 0.717) is 0 Å². The van der Waals surface area contributed by atoms with E-state index in [-0.39, 0.29) is 6.04 Å². The minimum Gasteiger partial charge on any atom is -0.378 e. The van der Waals surface area contributed by atoms with Gasteiger partial charge in [0, 0.05) is 29.1 Å². The molecule has 0 saturated carbocycles. The Morgan fingerprint density at radius 1 is 1.22 bits per heavy atom. The number of nitrogens with one attached hydrogen (secondary N) is 1. The molecular formula is C13H16BrN3S. The van der Waals surface area contributed by atoms with Crippen LogP contribution < -0.4 is 16.2 Å². The van der Waals surface area contributed by atoms with E-state index in [1.807, 2.05) is 20.2 Å². The molecule has 0 saturated heterocycles. The normalized spacial score (nSPS) is 12.4. The first-order valence-corrected chi connectivity index (χ1v) is 7.27. The maximum atomic E-state index is 5.69. The van der Waals surface area contributed by atoms with Crippen molar-refractivity contribution in [1.29, 1.82) is 0 Å². The number of anilines is 1. The fourth-order valence-electron chi connectivity index (χ4n) is 1.80. The Hall–Kier alpha value is -0.880. The second kappa shape index (κ2) is 5.84. The van der Waals surface area contributed by atoms with E-state index in [0.717, 1.165) is 10.0 Å². The molecule has 1 heterocycles. The maximum absolute atomic E-state index is 5.69. The van der Waals surface area contributed by atoms with Crippen LogP contribution in [0.3, 0.4) is 0 Å². The van der Waals surface area contributed by atoms with E-state index in [1.54, 1.807) is 11.3 Å². The van der Waals surface area contributed by atoms with Gasteiger partial charge in [-0.2, -0.15) is 0 Å². The van der Waals surface area contributed by atoms with Gasteiger partial charge in [-0.15, -0.1) is 11.3 Å². The Balaban J connectivity index is 2.31. The van der Waals surface area contributed by atoms with Crippen molar-refractivity contribution in [3.63, 3.8) is 0 Å². The average molecular weight is 326 g/mol. The Labute approximate surface area is 120 Å². The molecule has 2 rings (SSSR count). The molecule has 0 aliphatic heterocycles. The maximum Gasteiger partial charge on any atom is 0.0813 e. The van der Waals surface area contributed by atoms with Crippen LogP contribution in [0.15, 0.2) is 40.2 Å². The fraction of sp³-hybridized carbons (Fsp3) is 0.231. The molecule has 0 spiro atoms. The van der Waals surface area contributed by atoms with E-state index in [2.05, 4.69) is 55.9 Å². The summed E-state index contributed by atoms with van der Waals surface area (Å²) in [5, 5.41) is 2.05. The van der Waals surface area contributed by atoms with Crippen LogP contribution in [0.1, 0.15) is 16.5 Å². The topological polar surface area (TPSA) is 41.3 Å². The third kappa shape index (κ3) is 2.75. The van der Waals surface area contributed by atoms with Crippen molar-refractivity contribution in [1.82, 2.24) is 5.43 Å². The lowest BCUT2D eigenvalue weighted by Gasteiger charge is -2.18. The van der Waals surface area contributed by atoms with Crippen molar-refractivity contribution in [2.75, 3.05) is 19.0 Å². The van der Waals surface area contributed by atoms with Gasteiger partial charge in [0.05, 0.1) is 6.04 Å². The largest absolute Gasteiger partial charge is 0.378 e. The minimum absolute atomic E-state index is 0.0237. The molecule has 1 unspecified atom stereocenters. The number of nitrogens with zero attached hydrogens (tertiary/aromatic N) is 1. The van der Waals surface area contributed by atoms with E-state index >= 15 is 0 Å². The molecule has 0 aliphatic carbocycles. The predicted octanol–water partition coefficient (Wildman–Crippen LogP) is 3.13. The molecule has 1 aromatic heterocycles. The van der Waals surface area contributed by atoms with Crippen LogP contribution in [0.5, 0.6) is 0 Å². The molecule has 18 heavy (non-hydrogen) atoms. The molecule has 96 valence electrons. The molecule has 0 radical (unpaired) electrons. The van der Waals surface area contributed by atoms with Crippen LogP contribution in [0.2, 0.25) is 0 Å². The molecule has 1 aromatic carbocycles. The standard InChI is InChI=1S/C13H16BrN3S/c1-17(2)10-5-3-9(4-6-10)12(16-15)13-11(14)7-8-18-13/h3-8,12,16H,15H2,1-2H3. The number of halogens is 1. The van der Waals surface area contributed by atoms with E-state index in [9.17, 15) is 0 Å². The van der Waals surface area contributed by atoms with Crippen LogP contribution in [0.25, 0.3) is 0 Å². The van der Waals surface area contributed by atoms with Gasteiger partial charge in [0.15, 0.2) is 0 Å². The second-order valence-corrected chi connectivity index (χ2v) is 6.02. The lowest BCUT2D eigenvalue weighted by molar-refractivity contribution is 0.644. The summed E-state index contributed by atoms with van der Waals surface area (Å²) in [6, 6.07) is 10.5. The third-order valence-electron chi connectivity index (χ3n) is 2.82. The minimum atomic E-state index is 0.0237. The van der Waals surface area contributed by atoms with Gasteiger partial charge in [-0.05, 0) is 45.1 Å². The van der Waals surface area contributed by atoms with Crippen molar-refractivity contribution in [3.05, 3.63) is 50.6 Å². The highest BCUT2D eigenvalue weighted by Gasteiger charge is 2.16. The van der Waals surface area contributed by atoms with Gasteiger partial charge < -0.3 is 4.90 Å². The van der Waals surface area contributed by atoms with Crippen molar-refractivity contribution >= 4 is 33.0 Å². The van der Waals surface area contributed by atoms with Crippen molar-refractivity contribution in [2.45, 2.75) is 6.04 Å². The monoisotopic (exact) mass is 325 g/mol. The molecule has 3 N–H and O–H groups in total. The molecule has 1 atom stereocenters. The number of nitrogens with two attached hydrogens (primary N) is 1. The quantitative estimate of drug-likeness (QED) is 0.670. The van der Waals surface area contributed by atoms with Crippen molar-refractivity contribution < 1.29 is 0 Å². The number of hydrazine groups is 1. The first kappa shape index (κ1) is 13.5. The van der Waals surface area contributed by atoms with Gasteiger partial charge >= 0.3 is 0 Å². The molecule has 0 amide bonds. The lowest BCUT2D eigenvalue weighted by atomic mass is 10.1.